The molecule has 6 heteroatoms. The summed E-state index contributed by atoms with van der Waals surface area (Å²) in [5, 5.41) is 18.8. The third-order valence-electron chi connectivity index (χ3n) is 2.79. The molecule has 0 aliphatic carbocycles. The second-order valence-electron chi connectivity index (χ2n) is 4.95. The average Bonchev–Trinajstić information content (AvgIpc) is 2.46. The maximum atomic E-state index is 10.3. The van der Waals surface area contributed by atoms with Gasteiger partial charge in [-0.3, -0.25) is 10.1 Å². The van der Waals surface area contributed by atoms with Gasteiger partial charge in [-0.15, -0.1) is 0 Å². The van der Waals surface area contributed by atoms with Crippen LogP contribution >= 0.6 is 0 Å². The topological polar surface area (TPSA) is 79.2 Å². The quantitative estimate of drug-likeness (QED) is 0.389. The molecule has 0 aromatic heterocycles. The maximum absolute atomic E-state index is 10.3. The summed E-state index contributed by atoms with van der Waals surface area (Å²) in [5.74, 6) is 0.445. The van der Waals surface area contributed by atoms with Crippen molar-refractivity contribution in [2.24, 2.45) is 0 Å². The van der Waals surface area contributed by atoms with E-state index in [1.807, 2.05) is 14.1 Å². The predicted octanol–water partition coefficient (Wildman–Crippen LogP) is 2.04. The Morgan fingerprint density at radius 2 is 1.95 bits per heavy atom. The molecule has 0 aliphatic rings. The molecule has 0 unspecified atom stereocenters. The predicted molar refractivity (Wildman–Crippen MR) is 91.2 cm³/mol. The number of nitrogens with one attached hydrogen (secondary N) is 3. The Kier molecular flexibility index (Phi) is 11.4. The van der Waals surface area contributed by atoms with E-state index in [1.165, 1.54) is 11.1 Å². The molecule has 0 bridgehead atoms. The van der Waals surface area contributed by atoms with E-state index in [0.29, 0.717) is 5.82 Å². The van der Waals surface area contributed by atoms with Gasteiger partial charge in [0.1, 0.15) is 0 Å². The average molecular weight is 308 g/mol. The summed E-state index contributed by atoms with van der Waals surface area (Å²) in [6.07, 6.45) is 4.02. The first-order valence-electron chi connectivity index (χ1n) is 7.44. The molecule has 22 heavy (non-hydrogen) atoms. The van der Waals surface area contributed by atoms with Crippen LogP contribution in [0.2, 0.25) is 0 Å². The molecular formula is C16H28N4O2. The molecule has 1 rings (SSSR count). The van der Waals surface area contributed by atoms with E-state index in [4.69, 9.17) is 0 Å². The molecule has 1 aromatic rings. The van der Waals surface area contributed by atoms with Crippen LogP contribution in [0, 0.1) is 17.0 Å². The molecule has 0 atom stereocenters. The standard InChI is InChI=1S/C14H21N3O2.C2H7N/c1-12-6-5-8-13(10-12)7-3-4-9-16-14(15-2)11-17(18)19;1-3-2/h5-6,8,10-11,15-16H,3-4,7,9H2,1-2H3;3H,1-2H3. The minimum Gasteiger partial charge on any atom is -0.370 e. The SMILES string of the molecule is CNC.CNC(=C[N+](=O)[O-])NCCCCc1cccc(C)c1. The molecule has 0 saturated heterocycles. The van der Waals surface area contributed by atoms with Gasteiger partial charge in [0.05, 0.1) is 4.92 Å². The van der Waals surface area contributed by atoms with Crippen LogP contribution in [0.3, 0.4) is 0 Å². The van der Waals surface area contributed by atoms with Gasteiger partial charge in [-0.2, -0.15) is 0 Å². The fourth-order valence-corrected chi connectivity index (χ4v) is 1.85. The minimum absolute atomic E-state index is 0.445. The lowest BCUT2D eigenvalue weighted by Gasteiger charge is -2.08. The highest BCUT2D eigenvalue weighted by molar-refractivity contribution is 5.22. The van der Waals surface area contributed by atoms with Gasteiger partial charge in [-0.25, -0.2) is 0 Å². The summed E-state index contributed by atoms with van der Waals surface area (Å²) in [4.78, 5) is 9.86. The van der Waals surface area contributed by atoms with Crippen molar-refractivity contribution in [2.45, 2.75) is 26.2 Å². The summed E-state index contributed by atoms with van der Waals surface area (Å²) in [5.41, 5.74) is 2.62. The summed E-state index contributed by atoms with van der Waals surface area (Å²) >= 11 is 0. The molecule has 0 aliphatic heterocycles. The molecule has 124 valence electrons. The van der Waals surface area contributed by atoms with Crippen LogP contribution in [-0.2, 0) is 6.42 Å². The van der Waals surface area contributed by atoms with Crippen molar-refractivity contribution in [3.05, 3.63) is 57.5 Å². The molecule has 0 spiro atoms. The minimum atomic E-state index is -0.467. The smallest absolute Gasteiger partial charge is 0.274 e. The highest BCUT2D eigenvalue weighted by atomic mass is 16.6. The van der Waals surface area contributed by atoms with Crippen molar-refractivity contribution in [1.82, 2.24) is 16.0 Å². The van der Waals surface area contributed by atoms with Crippen molar-refractivity contribution >= 4 is 0 Å². The Hall–Kier alpha value is -2.08. The normalized spacial score (nSPS) is 10.5. The fourth-order valence-electron chi connectivity index (χ4n) is 1.85. The monoisotopic (exact) mass is 308 g/mol. The van der Waals surface area contributed by atoms with Gasteiger partial charge in [-0.05, 0) is 45.8 Å². The zero-order valence-corrected chi connectivity index (χ0v) is 14.0. The van der Waals surface area contributed by atoms with Gasteiger partial charge in [0.15, 0.2) is 5.82 Å². The Morgan fingerprint density at radius 1 is 1.27 bits per heavy atom. The highest BCUT2D eigenvalue weighted by Crippen LogP contribution is 2.07. The van der Waals surface area contributed by atoms with Crippen LogP contribution in [0.5, 0.6) is 0 Å². The largest absolute Gasteiger partial charge is 0.370 e. The van der Waals surface area contributed by atoms with Gasteiger partial charge >= 0.3 is 0 Å². The molecule has 0 amide bonds. The summed E-state index contributed by atoms with van der Waals surface area (Å²) < 4.78 is 0. The Morgan fingerprint density at radius 3 is 2.50 bits per heavy atom. The maximum Gasteiger partial charge on any atom is 0.274 e. The molecule has 6 nitrogen and oxygen atoms in total. The zero-order chi connectivity index (χ0) is 16.8. The van der Waals surface area contributed by atoms with Crippen molar-refractivity contribution in [3.63, 3.8) is 0 Å². The van der Waals surface area contributed by atoms with Gasteiger partial charge in [-0.1, -0.05) is 29.8 Å². The van der Waals surface area contributed by atoms with E-state index in [9.17, 15) is 10.1 Å². The molecule has 0 fully saturated rings. The van der Waals surface area contributed by atoms with E-state index < -0.39 is 4.92 Å². The second kappa shape index (κ2) is 12.6. The fraction of sp³-hybridized carbons (Fsp3) is 0.500. The third kappa shape index (κ3) is 10.7. The van der Waals surface area contributed by atoms with Crippen LogP contribution in [0.15, 0.2) is 36.3 Å². The van der Waals surface area contributed by atoms with Gasteiger partial charge < -0.3 is 16.0 Å². The molecule has 3 N–H and O–H groups in total. The number of benzene rings is 1. The van der Waals surface area contributed by atoms with Crippen LogP contribution in [0.25, 0.3) is 0 Å². The first-order valence-corrected chi connectivity index (χ1v) is 7.44. The van der Waals surface area contributed by atoms with Crippen LogP contribution < -0.4 is 16.0 Å². The van der Waals surface area contributed by atoms with E-state index in [1.54, 1.807) is 7.05 Å². The number of hydrogen-bond donors (Lipinski definition) is 3. The van der Waals surface area contributed by atoms with Gasteiger partial charge in [0, 0.05) is 13.6 Å². The third-order valence-corrected chi connectivity index (χ3v) is 2.79. The number of hydrogen-bond acceptors (Lipinski definition) is 5. The zero-order valence-electron chi connectivity index (χ0n) is 14.0. The second-order valence-corrected chi connectivity index (χ2v) is 4.95. The first kappa shape index (κ1) is 19.9. The summed E-state index contributed by atoms with van der Waals surface area (Å²) in [7, 11) is 5.41. The summed E-state index contributed by atoms with van der Waals surface area (Å²) in [6, 6.07) is 8.49. The number of rotatable bonds is 8. The molecule has 0 radical (unpaired) electrons. The van der Waals surface area contributed by atoms with Crippen molar-refractivity contribution in [3.8, 4) is 0 Å². The van der Waals surface area contributed by atoms with E-state index in [0.717, 1.165) is 32.0 Å². The van der Waals surface area contributed by atoms with Crippen molar-refractivity contribution in [1.29, 1.82) is 0 Å². The van der Waals surface area contributed by atoms with Crippen LogP contribution in [0.4, 0.5) is 0 Å². The van der Waals surface area contributed by atoms with Crippen molar-refractivity contribution in [2.75, 3.05) is 27.7 Å². The lowest BCUT2D eigenvalue weighted by Crippen LogP contribution is -2.25. The van der Waals surface area contributed by atoms with Crippen LogP contribution in [-0.4, -0.2) is 32.6 Å². The number of unbranched alkanes of at least 4 members (excludes halogenated alkanes) is 1. The Balaban J connectivity index is 0.00000135. The molecule has 0 heterocycles. The highest BCUT2D eigenvalue weighted by Gasteiger charge is 1.99. The molecule has 0 saturated carbocycles. The lowest BCUT2D eigenvalue weighted by molar-refractivity contribution is -0.404. The Labute approximate surface area is 133 Å². The van der Waals surface area contributed by atoms with Crippen molar-refractivity contribution < 1.29 is 4.92 Å². The molecule has 1 aromatic carbocycles. The number of aryl methyl sites for hydroxylation is 2. The lowest BCUT2D eigenvalue weighted by atomic mass is 10.1. The molecular weight excluding hydrogens is 280 g/mol. The number of nitro groups is 1. The Bertz CT molecular complexity index is 461. The van der Waals surface area contributed by atoms with E-state index >= 15 is 0 Å². The van der Waals surface area contributed by atoms with Gasteiger partial charge in [0.25, 0.3) is 6.20 Å². The van der Waals surface area contributed by atoms with Gasteiger partial charge in [0.2, 0.25) is 0 Å². The van der Waals surface area contributed by atoms with E-state index in [2.05, 4.69) is 47.1 Å². The first-order chi connectivity index (χ1) is 10.5. The number of nitrogens with zero attached hydrogens (tertiary/aromatic N) is 1. The van der Waals surface area contributed by atoms with Crippen LogP contribution in [0.1, 0.15) is 24.0 Å². The van der Waals surface area contributed by atoms with E-state index in [-0.39, 0.29) is 0 Å². The summed E-state index contributed by atoms with van der Waals surface area (Å²) in [6.45, 7) is 2.82.